The van der Waals surface area contributed by atoms with Gasteiger partial charge in [-0.15, -0.1) is 11.8 Å². The van der Waals surface area contributed by atoms with Crippen LogP contribution >= 0.6 is 11.8 Å². The maximum atomic E-state index is 12.4. The van der Waals surface area contributed by atoms with E-state index in [-0.39, 0.29) is 17.9 Å². The van der Waals surface area contributed by atoms with Crippen LogP contribution in [0.5, 0.6) is 0 Å². The number of aliphatic carboxylic acids is 1. The fourth-order valence-corrected chi connectivity index (χ4v) is 3.15. The summed E-state index contributed by atoms with van der Waals surface area (Å²) in [5.74, 6) is -1.20. The predicted molar refractivity (Wildman–Crippen MR) is 82.9 cm³/mol. The summed E-state index contributed by atoms with van der Waals surface area (Å²) in [6.07, 6.45) is 0.295. The first-order valence-corrected chi connectivity index (χ1v) is 7.79. The lowest BCUT2D eigenvalue weighted by Crippen LogP contribution is -2.36. The van der Waals surface area contributed by atoms with Gasteiger partial charge in [-0.1, -0.05) is 12.1 Å². The molecule has 6 nitrogen and oxygen atoms in total. The summed E-state index contributed by atoms with van der Waals surface area (Å²) in [5.41, 5.74) is 0.433. The second kappa shape index (κ2) is 6.83. The molecule has 0 saturated carbocycles. The summed E-state index contributed by atoms with van der Waals surface area (Å²) in [5, 5.41) is 11.2. The quantitative estimate of drug-likeness (QED) is 0.796. The number of benzene rings is 1. The fraction of sp³-hybridized carbons (Fsp3) is 0.400. The zero-order chi connectivity index (χ0) is 16.3. The van der Waals surface area contributed by atoms with Crippen LogP contribution in [-0.4, -0.2) is 52.7 Å². The molecule has 1 aliphatic heterocycles. The summed E-state index contributed by atoms with van der Waals surface area (Å²) in [6.45, 7) is 2.07. The van der Waals surface area contributed by atoms with Crippen LogP contribution in [0.2, 0.25) is 0 Å². The van der Waals surface area contributed by atoms with Gasteiger partial charge >= 0.3 is 5.97 Å². The number of likely N-dealkylation sites (tertiary alicyclic amines) is 1. The maximum Gasteiger partial charge on any atom is 0.316 e. The van der Waals surface area contributed by atoms with Crippen LogP contribution in [0, 0.1) is 0 Å². The van der Waals surface area contributed by atoms with Gasteiger partial charge in [-0.2, -0.15) is 0 Å². The SMILES string of the molecule is CC(Sc1ccccc1C(=O)NC1CC(=O)N(C)C1)C(=O)O. The van der Waals surface area contributed by atoms with Crippen LogP contribution < -0.4 is 5.32 Å². The topological polar surface area (TPSA) is 86.7 Å². The van der Waals surface area contributed by atoms with E-state index in [1.165, 1.54) is 0 Å². The Kier molecular flexibility index (Phi) is 5.07. The minimum atomic E-state index is -0.928. The van der Waals surface area contributed by atoms with Gasteiger partial charge in [-0.25, -0.2) is 0 Å². The molecule has 2 rings (SSSR count). The lowest BCUT2D eigenvalue weighted by atomic mass is 10.2. The average Bonchev–Trinajstić information content (AvgIpc) is 2.77. The van der Waals surface area contributed by atoms with Crippen LogP contribution in [0.1, 0.15) is 23.7 Å². The van der Waals surface area contributed by atoms with E-state index < -0.39 is 11.2 Å². The molecular formula is C15H18N2O4S. The number of carbonyl (C=O) groups excluding carboxylic acids is 2. The minimum Gasteiger partial charge on any atom is -0.480 e. The van der Waals surface area contributed by atoms with Crippen LogP contribution in [0.3, 0.4) is 0 Å². The third-order valence-electron chi connectivity index (χ3n) is 3.46. The smallest absolute Gasteiger partial charge is 0.316 e. The largest absolute Gasteiger partial charge is 0.480 e. The number of rotatable bonds is 5. The first-order valence-electron chi connectivity index (χ1n) is 6.91. The number of amides is 2. The number of hydrogen-bond acceptors (Lipinski definition) is 4. The molecule has 0 aliphatic carbocycles. The Bertz CT molecular complexity index is 605. The van der Waals surface area contributed by atoms with Gasteiger partial charge in [0.1, 0.15) is 5.25 Å². The summed E-state index contributed by atoms with van der Waals surface area (Å²) in [4.78, 5) is 37.1. The van der Waals surface area contributed by atoms with Crippen molar-refractivity contribution in [1.29, 1.82) is 0 Å². The summed E-state index contributed by atoms with van der Waals surface area (Å²) >= 11 is 1.13. The zero-order valence-electron chi connectivity index (χ0n) is 12.4. The van der Waals surface area contributed by atoms with Gasteiger partial charge in [-0.3, -0.25) is 14.4 Å². The molecule has 118 valence electrons. The van der Waals surface area contributed by atoms with E-state index in [1.807, 2.05) is 0 Å². The second-order valence-corrected chi connectivity index (χ2v) is 6.63. The molecule has 0 spiro atoms. The normalized spacial score (nSPS) is 19.1. The molecule has 2 atom stereocenters. The first-order chi connectivity index (χ1) is 10.4. The lowest BCUT2D eigenvalue weighted by Gasteiger charge is -2.15. The van der Waals surface area contributed by atoms with Crippen molar-refractivity contribution in [2.24, 2.45) is 0 Å². The Balaban J connectivity index is 2.09. The number of carboxylic acids is 1. The number of thioether (sulfide) groups is 1. The molecule has 0 aromatic heterocycles. The molecule has 1 saturated heterocycles. The maximum absolute atomic E-state index is 12.4. The highest BCUT2D eigenvalue weighted by molar-refractivity contribution is 8.00. The zero-order valence-corrected chi connectivity index (χ0v) is 13.2. The molecule has 2 amide bonds. The van der Waals surface area contributed by atoms with E-state index in [2.05, 4.69) is 5.32 Å². The molecular weight excluding hydrogens is 304 g/mol. The van der Waals surface area contributed by atoms with Crippen molar-refractivity contribution < 1.29 is 19.5 Å². The molecule has 2 N–H and O–H groups in total. The number of carboxylic acid groups (broad SMARTS) is 1. The van der Waals surface area contributed by atoms with Crippen LogP contribution in [-0.2, 0) is 9.59 Å². The number of carbonyl (C=O) groups is 3. The summed E-state index contributed by atoms with van der Waals surface area (Å²) in [6, 6.07) is 6.68. The van der Waals surface area contributed by atoms with Gasteiger partial charge in [0.25, 0.3) is 5.91 Å². The first kappa shape index (κ1) is 16.4. The van der Waals surface area contributed by atoms with Gasteiger partial charge in [0.05, 0.1) is 11.6 Å². The predicted octanol–water partition coefficient (Wildman–Crippen LogP) is 1.21. The van der Waals surface area contributed by atoms with Crippen molar-refractivity contribution in [1.82, 2.24) is 10.2 Å². The van der Waals surface area contributed by atoms with Crippen LogP contribution in [0.15, 0.2) is 29.2 Å². The van der Waals surface area contributed by atoms with Crippen molar-refractivity contribution in [3.8, 4) is 0 Å². The van der Waals surface area contributed by atoms with Crippen molar-refractivity contribution in [2.75, 3.05) is 13.6 Å². The van der Waals surface area contributed by atoms with Crippen LogP contribution in [0.4, 0.5) is 0 Å². The molecule has 0 radical (unpaired) electrons. The van der Waals surface area contributed by atoms with Crippen molar-refractivity contribution in [2.45, 2.75) is 29.5 Å². The van der Waals surface area contributed by atoms with E-state index in [4.69, 9.17) is 5.11 Å². The van der Waals surface area contributed by atoms with Gasteiger partial charge in [0.15, 0.2) is 0 Å². The number of nitrogens with one attached hydrogen (secondary N) is 1. The molecule has 0 bridgehead atoms. The third kappa shape index (κ3) is 3.79. The molecule has 7 heteroatoms. The van der Waals surface area contributed by atoms with E-state index in [0.717, 1.165) is 11.8 Å². The average molecular weight is 322 g/mol. The molecule has 2 unspecified atom stereocenters. The lowest BCUT2D eigenvalue weighted by molar-refractivity contribution is -0.136. The van der Waals surface area contributed by atoms with E-state index in [9.17, 15) is 14.4 Å². The second-order valence-electron chi connectivity index (χ2n) is 5.24. The van der Waals surface area contributed by atoms with E-state index in [1.54, 1.807) is 43.1 Å². The summed E-state index contributed by atoms with van der Waals surface area (Å²) < 4.78 is 0. The molecule has 22 heavy (non-hydrogen) atoms. The standard InChI is InChI=1S/C15H18N2O4S/c1-9(15(20)21)22-12-6-4-3-5-11(12)14(19)16-10-7-13(18)17(2)8-10/h3-6,9-10H,7-8H2,1-2H3,(H,16,19)(H,20,21). The van der Waals surface area contributed by atoms with Gasteiger partial charge in [0.2, 0.25) is 5.91 Å². The Morgan fingerprint density at radius 3 is 2.68 bits per heavy atom. The Morgan fingerprint density at radius 1 is 1.41 bits per heavy atom. The molecule has 1 aliphatic rings. The summed E-state index contributed by atoms with van der Waals surface area (Å²) in [7, 11) is 1.70. The highest BCUT2D eigenvalue weighted by Crippen LogP contribution is 2.27. The Morgan fingerprint density at radius 2 is 2.09 bits per heavy atom. The van der Waals surface area contributed by atoms with E-state index >= 15 is 0 Å². The molecule has 1 heterocycles. The number of likely N-dealkylation sites (N-methyl/N-ethyl adjacent to an activating group) is 1. The molecule has 1 fully saturated rings. The van der Waals surface area contributed by atoms with Gasteiger partial charge < -0.3 is 15.3 Å². The highest BCUT2D eigenvalue weighted by Gasteiger charge is 2.28. The van der Waals surface area contributed by atoms with E-state index in [0.29, 0.717) is 23.4 Å². The van der Waals surface area contributed by atoms with Crippen LogP contribution in [0.25, 0.3) is 0 Å². The number of hydrogen-bond donors (Lipinski definition) is 2. The minimum absolute atomic E-state index is 0.00691. The third-order valence-corrected chi connectivity index (χ3v) is 4.62. The molecule has 1 aromatic carbocycles. The van der Waals surface area contributed by atoms with Gasteiger partial charge in [-0.05, 0) is 19.1 Å². The van der Waals surface area contributed by atoms with Crippen molar-refractivity contribution in [3.63, 3.8) is 0 Å². The molecule has 1 aromatic rings. The fourth-order valence-electron chi connectivity index (χ4n) is 2.22. The van der Waals surface area contributed by atoms with Crippen molar-refractivity contribution in [3.05, 3.63) is 29.8 Å². The number of nitrogens with zero attached hydrogens (tertiary/aromatic N) is 1. The monoisotopic (exact) mass is 322 g/mol. The highest BCUT2D eigenvalue weighted by atomic mass is 32.2. The Labute approximate surface area is 132 Å². The van der Waals surface area contributed by atoms with Gasteiger partial charge in [0, 0.05) is 24.9 Å². The Hall–Kier alpha value is -2.02. The van der Waals surface area contributed by atoms with Crippen molar-refractivity contribution >= 4 is 29.5 Å².